The third-order valence-electron chi connectivity index (χ3n) is 2.36. The molecule has 0 amide bonds. The molecule has 1 aromatic rings. The van der Waals surface area contributed by atoms with Crippen molar-refractivity contribution >= 4 is 32.9 Å². The molecule has 0 radical (unpaired) electrons. The van der Waals surface area contributed by atoms with E-state index in [2.05, 4.69) is 4.72 Å². The van der Waals surface area contributed by atoms with Crippen molar-refractivity contribution in [2.75, 3.05) is 4.72 Å². The van der Waals surface area contributed by atoms with Gasteiger partial charge in [-0.1, -0.05) is 19.1 Å². The molecule has 0 saturated heterocycles. The lowest BCUT2D eigenvalue weighted by Crippen LogP contribution is -2.37. The SMILES string of the molecule is CCC(C(N)=S)S(=O)(=O)Nc1cc(C)cc(F)c1. The highest BCUT2D eigenvalue weighted by molar-refractivity contribution is 7.95. The van der Waals surface area contributed by atoms with Crippen LogP contribution in [0.3, 0.4) is 0 Å². The quantitative estimate of drug-likeness (QED) is 0.813. The lowest BCUT2D eigenvalue weighted by atomic mass is 10.2. The van der Waals surface area contributed by atoms with Gasteiger partial charge in [0.2, 0.25) is 10.0 Å². The number of thiocarbonyl (C=S) groups is 1. The third-order valence-corrected chi connectivity index (χ3v) is 4.66. The number of anilines is 1. The first kappa shape index (κ1) is 14.8. The normalized spacial score (nSPS) is 13.1. The molecule has 7 heteroatoms. The summed E-state index contributed by atoms with van der Waals surface area (Å²) in [4.78, 5) is -0.0990. The molecule has 0 aromatic heterocycles. The van der Waals surface area contributed by atoms with Crippen LogP contribution >= 0.6 is 12.2 Å². The molecule has 0 aliphatic rings. The molecule has 0 heterocycles. The van der Waals surface area contributed by atoms with Crippen LogP contribution in [-0.2, 0) is 10.0 Å². The summed E-state index contributed by atoms with van der Waals surface area (Å²) in [5.41, 5.74) is 6.18. The molecule has 1 atom stereocenters. The van der Waals surface area contributed by atoms with Crippen LogP contribution in [0.25, 0.3) is 0 Å². The largest absolute Gasteiger partial charge is 0.392 e. The number of benzene rings is 1. The maximum atomic E-state index is 13.2. The zero-order valence-corrected chi connectivity index (χ0v) is 11.7. The smallest absolute Gasteiger partial charge is 0.242 e. The Morgan fingerprint density at radius 1 is 1.50 bits per heavy atom. The highest BCUT2D eigenvalue weighted by Crippen LogP contribution is 2.17. The predicted molar refractivity (Wildman–Crippen MR) is 74.5 cm³/mol. The summed E-state index contributed by atoms with van der Waals surface area (Å²) in [7, 11) is -3.74. The van der Waals surface area contributed by atoms with Crippen molar-refractivity contribution in [1.82, 2.24) is 0 Å². The Labute approximate surface area is 111 Å². The molecule has 1 rings (SSSR count). The fourth-order valence-corrected chi connectivity index (χ4v) is 3.48. The van der Waals surface area contributed by atoms with E-state index in [0.29, 0.717) is 5.56 Å². The Morgan fingerprint density at radius 3 is 2.56 bits per heavy atom. The minimum absolute atomic E-state index is 0.0990. The zero-order valence-electron chi connectivity index (χ0n) is 10.1. The van der Waals surface area contributed by atoms with Crippen molar-refractivity contribution in [3.8, 4) is 0 Å². The van der Waals surface area contributed by atoms with Crippen molar-refractivity contribution in [1.29, 1.82) is 0 Å². The molecule has 0 saturated carbocycles. The molecule has 0 aliphatic heterocycles. The van der Waals surface area contributed by atoms with Gasteiger partial charge in [-0.2, -0.15) is 0 Å². The summed E-state index contributed by atoms with van der Waals surface area (Å²) in [6.07, 6.45) is 0.263. The molecule has 4 nitrogen and oxygen atoms in total. The average Bonchev–Trinajstić information content (AvgIpc) is 2.13. The first-order valence-corrected chi connectivity index (χ1v) is 7.30. The fourth-order valence-electron chi connectivity index (χ4n) is 1.60. The van der Waals surface area contributed by atoms with E-state index in [1.165, 1.54) is 12.1 Å². The van der Waals surface area contributed by atoms with Crippen LogP contribution in [-0.4, -0.2) is 18.7 Å². The van der Waals surface area contributed by atoms with Gasteiger partial charge in [0.25, 0.3) is 0 Å². The monoisotopic (exact) mass is 290 g/mol. The van der Waals surface area contributed by atoms with Gasteiger partial charge in [0.1, 0.15) is 11.1 Å². The van der Waals surface area contributed by atoms with Gasteiger partial charge in [-0.05, 0) is 37.1 Å². The van der Waals surface area contributed by atoms with Crippen LogP contribution in [0, 0.1) is 12.7 Å². The second-order valence-corrected chi connectivity index (χ2v) is 6.30. The summed E-state index contributed by atoms with van der Waals surface area (Å²) in [6.45, 7) is 3.34. The van der Waals surface area contributed by atoms with E-state index in [4.69, 9.17) is 18.0 Å². The Bertz CT molecular complexity index is 538. The van der Waals surface area contributed by atoms with Crippen molar-refractivity contribution in [2.24, 2.45) is 5.73 Å². The highest BCUT2D eigenvalue weighted by atomic mass is 32.2. The summed E-state index contributed by atoms with van der Waals surface area (Å²) >= 11 is 4.72. The first-order valence-electron chi connectivity index (χ1n) is 5.34. The van der Waals surface area contributed by atoms with Crippen LogP contribution in [0.15, 0.2) is 18.2 Å². The lowest BCUT2D eigenvalue weighted by molar-refractivity contribution is 0.594. The highest BCUT2D eigenvalue weighted by Gasteiger charge is 2.26. The number of rotatable bonds is 5. The fraction of sp³-hybridized carbons (Fsp3) is 0.364. The average molecular weight is 290 g/mol. The van der Waals surface area contributed by atoms with E-state index < -0.39 is 21.1 Å². The van der Waals surface area contributed by atoms with Gasteiger partial charge in [-0.3, -0.25) is 4.72 Å². The van der Waals surface area contributed by atoms with Crippen LogP contribution in [0.2, 0.25) is 0 Å². The van der Waals surface area contributed by atoms with Crippen LogP contribution in [0.5, 0.6) is 0 Å². The van der Waals surface area contributed by atoms with Crippen molar-refractivity contribution < 1.29 is 12.8 Å². The Kier molecular flexibility index (Phi) is 4.64. The molecule has 1 aromatic carbocycles. The van der Waals surface area contributed by atoms with E-state index in [-0.39, 0.29) is 17.1 Å². The minimum atomic E-state index is -3.74. The van der Waals surface area contributed by atoms with Gasteiger partial charge >= 0.3 is 0 Å². The summed E-state index contributed by atoms with van der Waals surface area (Å²) in [5, 5.41) is -0.962. The van der Waals surface area contributed by atoms with E-state index in [9.17, 15) is 12.8 Å². The molecular formula is C11H15FN2O2S2. The van der Waals surface area contributed by atoms with Crippen molar-refractivity contribution in [2.45, 2.75) is 25.5 Å². The Balaban J connectivity index is 3.05. The van der Waals surface area contributed by atoms with Gasteiger partial charge < -0.3 is 5.73 Å². The first-order chi connectivity index (χ1) is 8.26. The maximum absolute atomic E-state index is 13.2. The van der Waals surface area contributed by atoms with Gasteiger partial charge in [0, 0.05) is 0 Å². The Hall–Kier alpha value is -1.21. The van der Waals surface area contributed by atoms with E-state index in [1.807, 2.05) is 0 Å². The van der Waals surface area contributed by atoms with E-state index in [1.54, 1.807) is 13.8 Å². The van der Waals surface area contributed by atoms with Gasteiger partial charge in [-0.25, -0.2) is 12.8 Å². The maximum Gasteiger partial charge on any atom is 0.242 e. The number of sulfonamides is 1. The summed E-state index contributed by atoms with van der Waals surface area (Å²) in [5.74, 6) is -0.504. The molecule has 0 spiro atoms. The number of nitrogens with one attached hydrogen (secondary N) is 1. The van der Waals surface area contributed by atoms with E-state index in [0.717, 1.165) is 6.07 Å². The minimum Gasteiger partial charge on any atom is -0.392 e. The standard InChI is InChI=1S/C11H15FN2O2S2/c1-3-10(11(13)17)18(15,16)14-9-5-7(2)4-8(12)6-9/h4-6,10,14H,3H2,1-2H3,(H2,13,17). The van der Waals surface area contributed by atoms with Crippen LogP contribution in [0.1, 0.15) is 18.9 Å². The van der Waals surface area contributed by atoms with Crippen LogP contribution in [0.4, 0.5) is 10.1 Å². The van der Waals surface area contributed by atoms with Gasteiger partial charge in [0.05, 0.1) is 10.7 Å². The summed E-state index contributed by atoms with van der Waals surface area (Å²) < 4.78 is 39.4. The van der Waals surface area contributed by atoms with E-state index >= 15 is 0 Å². The molecule has 0 fully saturated rings. The third kappa shape index (κ3) is 3.64. The number of hydrogen-bond donors (Lipinski definition) is 2. The summed E-state index contributed by atoms with van der Waals surface area (Å²) in [6, 6.07) is 3.95. The predicted octanol–water partition coefficient (Wildman–Crippen LogP) is 1.94. The number of aryl methyl sites for hydroxylation is 1. The molecule has 18 heavy (non-hydrogen) atoms. The molecule has 100 valence electrons. The molecule has 0 aliphatic carbocycles. The zero-order chi connectivity index (χ0) is 13.9. The second-order valence-electron chi connectivity index (χ2n) is 3.96. The topological polar surface area (TPSA) is 72.2 Å². The number of hydrogen-bond acceptors (Lipinski definition) is 3. The molecule has 3 N–H and O–H groups in total. The lowest BCUT2D eigenvalue weighted by Gasteiger charge is -2.16. The number of halogens is 1. The van der Waals surface area contributed by atoms with Crippen molar-refractivity contribution in [3.05, 3.63) is 29.6 Å². The van der Waals surface area contributed by atoms with Crippen LogP contribution < -0.4 is 10.5 Å². The molecular weight excluding hydrogens is 275 g/mol. The molecule has 0 bridgehead atoms. The van der Waals surface area contributed by atoms with Crippen molar-refractivity contribution in [3.63, 3.8) is 0 Å². The number of nitrogens with two attached hydrogens (primary N) is 1. The van der Waals surface area contributed by atoms with Gasteiger partial charge in [-0.15, -0.1) is 0 Å². The second kappa shape index (κ2) is 5.62. The Morgan fingerprint density at radius 2 is 2.11 bits per heavy atom. The molecule has 1 unspecified atom stereocenters. The van der Waals surface area contributed by atoms with Gasteiger partial charge in [0.15, 0.2) is 0 Å².